The lowest BCUT2D eigenvalue weighted by molar-refractivity contribution is -0.132. The second-order valence-electron chi connectivity index (χ2n) is 5.49. The van der Waals surface area contributed by atoms with Crippen LogP contribution in [-0.2, 0) is 11.3 Å². The molecule has 0 N–H and O–H groups in total. The van der Waals surface area contributed by atoms with Crippen LogP contribution in [0.4, 0.5) is 0 Å². The molecule has 2 aromatic rings. The highest BCUT2D eigenvalue weighted by atomic mass is 32.1. The largest absolute Gasteiger partial charge is 0.342 e. The third kappa shape index (κ3) is 3.32. The van der Waals surface area contributed by atoms with Crippen molar-refractivity contribution in [1.82, 2.24) is 19.7 Å². The minimum Gasteiger partial charge on any atom is -0.342 e. The molecule has 5 nitrogen and oxygen atoms in total. The predicted octanol–water partition coefficient (Wildman–Crippen LogP) is 2.44. The number of hydrogen-bond donors (Lipinski definition) is 0. The van der Waals surface area contributed by atoms with E-state index in [0.29, 0.717) is 18.9 Å². The van der Waals surface area contributed by atoms with Gasteiger partial charge in [-0.15, -0.1) is 11.3 Å². The van der Waals surface area contributed by atoms with Crippen LogP contribution in [0.15, 0.2) is 23.8 Å². The van der Waals surface area contributed by atoms with Crippen LogP contribution >= 0.6 is 11.3 Å². The molecule has 0 aliphatic carbocycles. The maximum atomic E-state index is 12.4. The number of likely N-dealkylation sites (tertiary alicyclic amines) is 1. The van der Waals surface area contributed by atoms with Gasteiger partial charge in [0.1, 0.15) is 0 Å². The fourth-order valence-corrected chi connectivity index (χ4v) is 3.60. The highest BCUT2D eigenvalue weighted by Gasteiger charge is 2.25. The van der Waals surface area contributed by atoms with Crippen LogP contribution in [0.1, 0.15) is 35.9 Å². The number of carbonyl (C=O) groups excluding carboxylic acids is 1. The van der Waals surface area contributed by atoms with E-state index in [2.05, 4.69) is 10.1 Å². The van der Waals surface area contributed by atoms with Gasteiger partial charge in [0.15, 0.2) is 0 Å². The van der Waals surface area contributed by atoms with Crippen molar-refractivity contribution in [2.75, 3.05) is 13.1 Å². The van der Waals surface area contributed by atoms with Gasteiger partial charge in [0.05, 0.1) is 5.01 Å². The summed E-state index contributed by atoms with van der Waals surface area (Å²) >= 11 is 1.69. The van der Waals surface area contributed by atoms with Crippen molar-refractivity contribution in [3.8, 4) is 0 Å². The lowest BCUT2D eigenvalue weighted by atomic mass is 9.98. The van der Waals surface area contributed by atoms with Gasteiger partial charge in [-0.05, 0) is 25.8 Å². The average molecular weight is 304 g/mol. The second-order valence-corrected chi connectivity index (χ2v) is 6.42. The zero-order valence-corrected chi connectivity index (χ0v) is 13.1. The Labute approximate surface area is 128 Å². The molecule has 3 rings (SSSR count). The fraction of sp³-hybridized carbons (Fsp3) is 0.533. The Kier molecular flexibility index (Phi) is 4.34. The Hall–Kier alpha value is -1.69. The van der Waals surface area contributed by atoms with E-state index in [1.807, 2.05) is 34.1 Å². The molecule has 6 heteroatoms. The Balaban J connectivity index is 1.56. The van der Waals surface area contributed by atoms with E-state index >= 15 is 0 Å². The molecular weight excluding hydrogens is 284 g/mol. The minimum absolute atomic E-state index is 0.228. The Morgan fingerprint density at radius 2 is 2.38 bits per heavy atom. The molecule has 1 saturated heterocycles. The third-order valence-corrected chi connectivity index (χ3v) is 4.98. The number of thiazole rings is 1. The molecule has 112 valence electrons. The molecule has 0 radical (unpaired) electrons. The second kappa shape index (κ2) is 6.39. The van der Waals surface area contributed by atoms with E-state index < -0.39 is 0 Å². The Morgan fingerprint density at radius 3 is 3.10 bits per heavy atom. The number of rotatable bonds is 4. The molecule has 1 atom stereocenters. The Morgan fingerprint density at radius 1 is 1.48 bits per heavy atom. The van der Waals surface area contributed by atoms with Gasteiger partial charge in [0.2, 0.25) is 5.91 Å². The van der Waals surface area contributed by atoms with E-state index in [1.165, 1.54) is 0 Å². The highest BCUT2D eigenvalue weighted by Crippen LogP contribution is 2.28. The third-order valence-electron chi connectivity index (χ3n) is 4.04. The predicted molar refractivity (Wildman–Crippen MR) is 82.3 cm³/mol. The van der Waals surface area contributed by atoms with Crippen LogP contribution in [-0.4, -0.2) is 38.7 Å². The first-order valence-electron chi connectivity index (χ1n) is 7.39. The lowest BCUT2D eigenvalue weighted by Gasteiger charge is -2.32. The van der Waals surface area contributed by atoms with Crippen LogP contribution in [0.5, 0.6) is 0 Å². The zero-order chi connectivity index (χ0) is 14.7. The molecule has 21 heavy (non-hydrogen) atoms. The van der Waals surface area contributed by atoms with Gasteiger partial charge >= 0.3 is 0 Å². The zero-order valence-electron chi connectivity index (χ0n) is 12.2. The molecule has 1 aliphatic heterocycles. The summed E-state index contributed by atoms with van der Waals surface area (Å²) in [4.78, 5) is 18.8. The van der Waals surface area contributed by atoms with Gasteiger partial charge in [-0.25, -0.2) is 4.98 Å². The minimum atomic E-state index is 0.228. The van der Waals surface area contributed by atoms with Gasteiger partial charge in [0, 0.05) is 55.4 Å². The fourth-order valence-electron chi connectivity index (χ4n) is 2.83. The normalized spacial score (nSPS) is 18.9. The summed E-state index contributed by atoms with van der Waals surface area (Å²) in [6, 6.07) is 1.96. The monoisotopic (exact) mass is 304 g/mol. The number of carbonyl (C=O) groups is 1. The molecule has 0 saturated carbocycles. The van der Waals surface area contributed by atoms with Gasteiger partial charge in [-0.2, -0.15) is 5.10 Å². The number of aryl methyl sites for hydroxylation is 2. The van der Waals surface area contributed by atoms with Crippen molar-refractivity contribution in [1.29, 1.82) is 0 Å². The summed E-state index contributed by atoms with van der Waals surface area (Å²) in [5.41, 5.74) is 1.10. The van der Waals surface area contributed by atoms with Crippen molar-refractivity contribution < 1.29 is 4.79 Å². The standard InChI is InChI=1S/C15H20N4OS/c1-12-4-6-17-19(12)9-5-14(20)18-8-2-3-13(11-18)15-16-7-10-21-15/h4,6-7,10,13H,2-3,5,8-9,11H2,1H3/t13-/m0/s1. The summed E-state index contributed by atoms with van der Waals surface area (Å²) in [6.45, 7) is 4.36. The number of nitrogens with zero attached hydrogens (tertiary/aromatic N) is 4. The number of amides is 1. The van der Waals surface area contributed by atoms with E-state index in [-0.39, 0.29) is 5.91 Å². The summed E-state index contributed by atoms with van der Waals surface area (Å²) in [5.74, 6) is 0.639. The molecule has 3 heterocycles. The molecular formula is C15H20N4OS. The molecule has 1 aliphatic rings. The van der Waals surface area contributed by atoms with Crippen LogP contribution < -0.4 is 0 Å². The first-order chi connectivity index (χ1) is 10.2. The SMILES string of the molecule is Cc1ccnn1CCC(=O)N1CCC[C@H](c2nccs2)C1. The van der Waals surface area contributed by atoms with Crippen LogP contribution in [0.2, 0.25) is 0 Å². The number of piperidine rings is 1. The van der Waals surface area contributed by atoms with Crippen LogP contribution in [0.3, 0.4) is 0 Å². The quantitative estimate of drug-likeness (QED) is 0.872. The van der Waals surface area contributed by atoms with Crippen molar-refractivity contribution in [2.24, 2.45) is 0 Å². The Bertz CT molecular complexity index is 593. The molecule has 1 amide bonds. The van der Waals surface area contributed by atoms with Crippen LogP contribution in [0, 0.1) is 6.92 Å². The molecule has 0 spiro atoms. The maximum Gasteiger partial charge on any atom is 0.224 e. The first-order valence-corrected chi connectivity index (χ1v) is 8.27. The summed E-state index contributed by atoms with van der Waals surface area (Å²) in [7, 11) is 0. The van der Waals surface area contributed by atoms with Gasteiger partial charge in [-0.3, -0.25) is 9.48 Å². The van der Waals surface area contributed by atoms with Crippen molar-refractivity contribution >= 4 is 17.2 Å². The lowest BCUT2D eigenvalue weighted by Crippen LogP contribution is -2.39. The van der Waals surface area contributed by atoms with E-state index in [0.717, 1.165) is 36.6 Å². The molecule has 0 aromatic carbocycles. The summed E-state index contributed by atoms with van der Waals surface area (Å²) < 4.78 is 1.89. The number of aromatic nitrogens is 3. The first kappa shape index (κ1) is 14.3. The maximum absolute atomic E-state index is 12.4. The van der Waals surface area contributed by atoms with Gasteiger partial charge in [-0.1, -0.05) is 0 Å². The van der Waals surface area contributed by atoms with Crippen molar-refractivity contribution in [3.05, 3.63) is 34.5 Å². The summed E-state index contributed by atoms with van der Waals surface area (Å²) in [6.07, 6.45) is 6.35. The van der Waals surface area contributed by atoms with Crippen LogP contribution in [0.25, 0.3) is 0 Å². The molecule has 0 bridgehead atoms. The smallest absolute Gasteiger partial charge is 0.224 e. The number of hydrogen-bond acceptors (Lipinski definition) is 4. The average Bonchev–Trinajstić information content (AvgIpc) is 3.16. The van der Waals surface area contributed by atoms with E-state index in [9.17, 15) is 4.79 Å². The van der Waals surface area contributed by atoms with E-state index in [4.69, 9.17) is 0 Å². The van der Waals surface area contributed by atoms with Gasteiger partial charge < -0.3 is 4.90 Å². The topological polar surface area (TPSA) is 51.0 Å². The molecule has 2 aromatic heterocycles. The van der Waals surface area contributed by atoms with Gasteiger partial charge in [0.25, 0.3) is 0 Å². The van der Waals surface area contributed by atoms with E-state index in [1.54, 1.807) is 17.5 Å². The molecule has 1 fully saturated rings. The van der Waals surface area contributed by atoms with Crippen molar-refractivity contribution in [3.63, 3.8) is 0 Å². The van der Waals surface area contributed by atoms with Crippen molar-refractivity contribution in [2.45, 2.75) is 38.6 Å². The molecule has 0 unspecified atom stereocenters. The highest BCUT2D eigenvalue weighted by molar-refractivity contribution is 7.09. The summed E-state index contributed by atoms with van der Waals surface area (Å²) in [5, 5.41) is 7.40.